The first-order valence-electron chi connectivity index (χ1n) is 6.69. The Morgan fingerprint density at radius 1 is 1.56 bits per heavy atom. The predicted octanol–water partition coefficient (Wildman–Crippen LogP) is 3.08. The number of rotatable bonds is 4. The van der Waals surface area contributed by atoms with Crippen molar-refractivity contribution < 1.29 is 0 Å². The molecule has 0 spiro atoms. The van der Waals surface area contributed by atoms with Gasteiger partial charge in [-0.15, -0.1) is 0 Å². The number of nitrogens with one attached hydrogen (secondary N) is 1. The zero-order valence-corrected chi connectivity index (χ0v) is 12.2. The number of anilines is 1. The van der Waals surface area contributed by atoms with E-state index in [1.807, 2.05) is 0 Å². The van der Waals surface area contributed by atoms with E-state index in [2.05, 4.69) is 42.0 Å². The third kappa shape index (κ3) is 3.36. The summed E-state index contributed by atoms with van der Waals surface area (Å²) in [7, 11) is 0. The summed E-state index contributed by atoms with van der Waals surface area (Å²) in [6.45, 7) is 9.57. The first-order valence-corrected chi connectivity index (χ1v) is 7.07. The van der Waals surface area contributed by atoms with Gasteiger partial charge in [0.1, 0.15) is 5.82 Å². The molecule has 2 heterocycles. The van der Waals surface area contributed by atoms with Gasteiger partial charge in [0.05, 0.1) is 5.02 Å². The molecule has 18 heavy (non-hydrogen) atoms. The lowest BCUT2D eigenvalue weighted by Crippen LogP contribution is -2.23. The summed E-state index contributed by atoms with van der Waals surface area (Å²) in [5.41, 5.74) is 1.13. The molecule has 0 aliphatic carbocycles. The summed E-state index contributed by atoms with van der Waals surface area (Å²) in [5, 5.41) is 4.15. The van der Waals surface area contributed by atoms with E-state index in [9.17, 15) is 0 Å². The lowest BCUT2D eigenvalue weighted by molar-refractivity contribution is 0.588. The van der Waals surface area contributed by atoms with Crippen LogP contribution in [0.2, 0.25) is 5.02 Å². The van der Waals surface area contributed by atoms with Crippen molar-refractivity contribution in [2.24, 2.45) is 5.92 Å². The van der Waals surface area contributed by atoms with Crippen LogP contribution in [0.5, 0.6) is 0 Å². The van der Waals surface area contributed by atoms with Gasteiger partial charge in [-0.25, -0.2) is 4.98 Å². The average Bonchev–Trinajstić information content (AvgIpc) is 2.74. The molecular weight excluding hydrogens is 246 g/mol. The lowest BCUT2D eigenvalue weighted by Gasteiger charge is -2.18. The van der Waals surface area contributed by atoms with Crippen LogP contribution >= 0.6 is 11.6 Å². The number of pyridine rings is 1. The van der Waals surface area contributed by atoms with E-state index in [-0.39, 0.29) is 0 Å². The van der Waals surface area contributed by atoms with Gasteiger partial charge in [-0.1, -0.05) is 32.4 Å². The molecule has 1 saturated heterocycles. The Morgan fingerprint density at radius 3 is 2.94 bits per heavy atom. The van der Waals surface area contributed by atoms with Crippen molar-refractivity contribution in [2.45, 2.75) is 39.8 Å². The van der Waals surface area contributed by atoms with Gasteiger partial charge in [0.2, 0.25) is 0 Å². The quantitative estimate of drug-likeness (QED) is 0.909. The zero-order valence-electron chi connectivity index (χ0n) is 11.4. The van der Waals surface area contributed by atoms with Crippen LogP contribution in [0.25, 0.3) is 0 Å². The van der Waals surface area contributed by atoms with Crippen molar-refractivity contribution in [3.05, 3.63) is 22.8 Å². The Morgan fingerprint density at radius 2 is 2.33 bits per heavy atom. The van der Waals surface area contributed by atoms with Gasteiger partial charge in [-0.05, 0) is 24.0 Å². The molecule has 1 aliphatic heterocycles. The van der Waals surface area contributed by atoms with Gasteiger partial charge in [0.15, 0.2) is 0 Å². The van der Waals surface area contributed by atoms with Crippen LogP contribution < -0.4 is 10.2 Å². The maximum atomic E-state index is 6.19. The summed E-state index contributed by atoms with van der Waals surface area (Å²) in [5.74, 6) is 1.82. The maximum Gasteiger partial charge on any atom is 0.128 e. The molecule has 0 amide bonds. The fourth-order valence-electron chi connectivity index (χ4n) is 2.23. The number of hydrogen-bond donors (Lipinski definition) is 1. The van der Waals surface area contributed by atoms with Crippen molar-refractivity contribution in [1.29, 1.82) is 0 Å². The molecule has 1 fully saturated rings. The van der Waals surface area contributed by atoms with Crippen molar-refractivity contribution in [1.82, 2.24) is 10.3 Å². The van der Waals surface area contributed by atoms with Gasteiger partial charge in [0, 0.05) is 31.9 Å². The molecule has 2 rings (SSSR count). The van der Waals surface area contributed by atoms with E-state index in [4.69, 9.17) is 11.6 Å². The normalized spacial score (nSPS) is 19.8. The average molecular weight is 268 g/mol. The van der Waals surface area contributed by atoms with Crippen molar-refractivity contribution in [3.63, 3.8) is 0 Å². The third-order valence-corrected chi connectivity index (χ3v) is 3.71. The molecule has 1 atom stereocenters. The summed E-state index contributed by atoms with van der Waals surface area (Å²) < 4.78 is 0. The van der Waals surface area contributed by atoms with Gasteiger partial charge < -0.3 is 10.2 Å². The van der Waals surface area contributed by atoms with Crippen molar-refractivity contribution in [2.75, 3.05) is 18.0 Å². The van der Waals surface area contributed by atoms with Crippen LogP contribution in [0.3, 0.4) is 0 Å². The Kier molecular flexibility index (Phi) is 4.46. The summed E-state index contributed by atoms with van der Waals surface area (Å²) >= 11 is 6.19. The van der Waals surface area contributed by atoms with E-state index < -0.39 is 0 Å². The number of hydrogen-bond acceptors (Lipinski definition) is 3. The van der Waals surface area contributed by atoms with Gasteiger partial charge in [0.25, 0.3) is 0 Å². The van der Waals surface area contributed by atoms with E-state index in [0.717, 1.165) is 42.0 Å². The Balaban J connectivity index is 2.10. The molecule has 0 bridgehead atoms. The largest absolute Gasteiger partial charge is 0.356 e. The number of aromatic nitrogens is 1. The fourth-order valence-corrected chi connectivity index (χ4v) is 2.40. The van der Waals surface area contributed by atoms with Gasteiger partial charge in [-0.3, -0.25) is 0 Å². The molecule has 100 valence electrons. The molecule has 3 nitrogen and oxygen atoms in total. The molecule has 1 aromatic heterocycles. The Labute approximate surface area is 115 Å². The van der Waals surface area contributed by atoms with Crippen LogP contribution in [0, 0.1) is 5.92 Å². The summed E-state index contributed by atoms with van der Waals surface area (Å²) in [4.78, 5) is 6.80. The molecule has 0 aromatic carbocycles. The topological polar surface area (TPSA) is 28.2 Å². The summed E-state index contributed by atoms with van der Waals surface area (Å²) in [6.07, 6.45) is 3.03. The van der Waals surface area contributed by atoms with Crippen LogP contribution in [0.4, 0.5) is 5.82 Å². The van der Waals surface area contributed by atoms with Crippen LogP contribution in [-0.2, 0) is 6.54 Å². The number of nitrogens with zero attached hydrogens (tertiary/aromatic N) is 2. The standard InChI is InChI=1S/C14H22ClN3/c1-10(2)16-7-12-6-14(17-8-13(12)15)18-5-4-11(3)9-18/h6,8,10-11,16H,4-5,7,9H2,1-3H3. The third-order valence-electron chi connectivity index (χ3n) is 3.37. The molecular formula is C14H22ClN3. The highest BCUT2D eigenvalue weighted by Gasteiger charge is 2.20. The molecule has 1 aromatic rings. The second-order valence-corrected chi connectivity index (χ2v) is 5.92. The Hall–Kier alpha value is -0.800. The minimum absolute atomic E-state index is 0.462. The minimum Gasteiger partial charge on any atom is -0.356 e. The van der Waals surface area contributed by atoms with Crippen molar-refractivity contribution >= 4 is 17.4 Å². The van der Waals surface area contributed by atoms with Crippen LogP contribution in [-0.4, -0.2) is 24.1 Å². The zero-order chi connectivity index (χ0) is 13.1. The second-order valence-electron chi connectivity index (χ2n) is 5.51. The Bertz CT molecular complexity index is 406. The van der Waals surface area contributed by atoms with E-state index in [0.29, 0.717) is 6.04 Å². The first-order chi connectivity index (χ1) is 8.56. The molecule has 1 aliphatic rings. The fraction of sp³-hybridized carbons (Fsp3) is 0.643. The van der Waals surface area contributed by atoms with Crippen LogP contribution in [0.15, 0.2) is 12.3 Å². The minimum atomic E-state index is 0.462. The highest BCUT2D eigenvalue weighted by molar-refractivity contribution is 6.31. The highest BCUT2D eigenvalue weighted by Crippen LogP contribution is 2.25. The molecule has 1 unspecified atom stereocenters. The predicted molar refractivity (Wildman–Crippen MR) is 77.2 cm³/mol. The van der Waals surface area contributed by atoms with E-state index in [1.54, 1.807) is 6.20 Å². The maximum absolute atomic E-state index is 6.19. The molecule has 1 N–H and O–H groups in total. The lowest BCUT2D eigenvalue weighted by atomic mass is 10.2. The highest BCUT2D eigenvalue weighted by atomic mass is 35.5. The first kappa shape index (κ1) is 13.6. The molecule has 0 saturated carbocycles. The second kappa shape index (κ2) is 5.89. The van der Waals surface area contributed by atoms with E-state index in [1.165, 1.54) is 6.42 Å². The van der Waals surface area contributed by atoms with Crippen molar-refractivity contribution in [3.8, 4) is 0 Å². The van der Waals surface area contributed by atoms with E-state index >= 15 is 0 Å². The van der Waals surface area contributed by atoms with Gasteiger partial charge in [-0.2, -0.15) is 0 Å². The molecule has 0 radical (unpaired) electrons. The smallest absolute Gasteiger partial charge is 0.128 e. The summed E-state index contributed by atoms with van der Waals surface area (Å²) in [6, 6.07) is 2.58. The number of halogens is 1. The molecule has 4 heteroatoms. The SMILES string of the molecule is CC1CCN(c2cc(CNC(C)C)c(Cl)cn2)C1. The van der Waals surface area contributed by atoms with Gasteiger partial charge >= 0.3 is 0 Å². The monoisotopic (exact) mass is 267 g/mol. The van der Waals surface area contributed by atoms with Crippen LogP contribution in [0.1, 0.15) is 32.8 Å².